The number of ether oxygens (including phenoxy) is 2. The second-order valence-electron chi connectivity index (χ2n) is 3.54. The van der Waals surface area contributed by atoms with E-state index in [0.717, 1.165) is 11.3 Å². The molecular weight excluding hydrogens is 168 g/mol. The molecular formula is C10H12O3. The van der Waals surface area contributed by atoms with Crippen LogP contribution in [0.5, 0.6) is 11.5 Å². The van der Waals surface area contributed by atoms with Crippen LogP contribution in [0.25, 0.3) is 0 Å². The first-order chi connectivity index (χ1) is 6.11. The summed E-state index contributed by atoms with van der Waals surface area (Å²) in [5, 5.41) is 8.90. The molecule has 0 aliphatic carbocycles. The Balaban J connectivity index is 2.36. The summed E-state index contributed by atoms with van der Waals surface area (Å²) in [6.07, 6.45) is 0. The van der Waals surface area contributed by atoms with Gasteiger partial charge in [-0.3, -0.25) is 0 Å². The smallest absolute Gasteiger partial charge is 0.246 e. The Labute approximate surface area is 76.9 Å². The van der Waals surface area contributed by atoms with E-state index < -0.39 is 5.79 Å². The highest BCUT2D eigenvalue weighted by Gasteiger charge is 2.31. The minimum Gasteiger partial charge on any atom is -0.449 e. The van der Waals surface area contributed by atoms with E-state index in [4.69, 9.17) is 14.6 Å². The van der Waals surface area contributed by atoms with Gasteiger partial charge in [-0.2, -0.15) is 0 Å². The summed E-state index contributed by atoms with van der Waals surface area (Å²) in [4.78, 5) is 0. The first-order valence-corrected chi connectivity index (χ1v) is 4.22. The summed E-state index contributed by atoms with van der Waals surface area (Å²) in [6.45, 7) is 3.73. The zero-order valence-corrected chi connectivity index (χ0v) is 7.70. The van der Waals surface area contributed by atoms with Gasteiger partial charge in [-0.25, -0.2) is 0 Å². The van der Waals surface area contributed by atoms with Crippen molar-refractivity contribution in [2.45, 2.75) is 26.2 Å². The van der Waals surface area contributed by atoms with Crippen molar-refractivity contribution in [3.05, 3.63) is 23.8 Å². The molecule has 2 rings (SSSR count). The fourth-order valence-corrected chi connectivity index (χ4v) is 1.37. The zero-order valence-electron chi connectivity index (χ0n) is 7.70. The molecule has 70 valence electrons. The fourth-order valence-electron chi connectivity index (χ4n) is 1.37. The molecule has 3 heteroatoms. The van der Waals surface area contributed by atoms with E-state index in [1.807, 2.05) is 26.0 Å². The van der Waals surface area contributed by atoms with Gasteiger partial charge in [-0.05, 0) is 17.7 Å². The van der Waals surface area contributed by atoms with Crippen molar-refractivity contribution in [2.24, 2.45) is 0 Å². The van der Waals surface area contributed by atoms with Crippen molar-refractivity contribution in [2.75, 3.05) is 0 Å². The van der Waals surface area contributed by atoms with E-state index in [-0.39, 0.29) is 6.61 Å². The number of hydrogen-bond acceptors (Lipinski definition) is 3. The van der Waals surface area contributed by atoms with Crippen LogP contribution in [0.3, 0.4) is 0 Å². The monoisotopic (exact) mass is 180 g/mol. The van der Waals surface area contributed by atoms with Crippen LogP contribution >= 0.6 is 0 Å². The number of fused-ring (bicyclic) bond motifs is 1. The number of aliphatic hydroxyl groups is 1. The largest absolute Gasteiger partial charge is 0.449 e. The molecule has 0 atom stereocenters. The third-order valence-electron chi connectivity index (χ3n) is 1.90. The molecule has 3 nitrogen and oxygen atoms in total. The maximum atomic E-state index is 8.90. The van der Waals surface area contributed by atoms with E-state index in [1.165, 1.54) is 0 Å². The van der Waals surface area contributed by atoms with Crippen molar-refractivity contribution in [1.29, 1.82) is 0 Å². The predicted octanol–water partition coefficient (Wildman–Crippen LogP) is 1.69. The normalized spacial score (nSPS) is 17.5. The Hall–Kier alpha value is -1.22. The van der Waals surface area contributed by atoms with Crippen molar-refractivity contribution >= 4 is 0 Å². The molecule has 0 unspecified atom stereocenters. The van der Waals surface area contributed by atoms with Gasteiger partial charge >= 0.3 is 0 Å². The average Bonchev–Trinajstić information content (AvgIpc) is 2.36. The summed E-state index contributed by atoms with van der Waals surface area (Å²) >= 11 is 0. The second-order valence-corrected chi connectivity index (χ2v) is 3.54. The fraction of sp³-hybridized carbons (Fsp3) is 0.400. The molecule has 1 aliphatic rings. The maximum absolute atomic E-state index is 8.90. The number of rotatable bonds is 1. The standard InChI is InChI=1S/C10H12O3/c1-10(2)12-8-4-3-7(6-11)5-9(8)13-10/h3-5,11H,6H2,1-2H3. The van der Waals surface area contributed by atoms with Gasteiger partial charge < -0.3 is 14.6 Å². The molecule has 13 heavy (non-hydrogen) atoms. The average molecular weight is 180 g/mol. The molecule has 0 aromatic heterocycles. The summed E-state index contributed by atoms with van der Waals surface area (Å²) in [5.74, 6) is 0.856. The van der Waals surface area contributed by atoms with Gasteiger partial charge in [0.1, 0.15) is 0 Å². The molecule has 0 amide bonds. The van der Waals surface area contributed by atoms with Crippen LogP contribution < -0.4 is 9.47 Å². The molecule has 0 saturated carbocycles. The van der Waals surface area contributed by atoms with Crippen LogP contribution in [0, 0.1) is 0 Å². The zero-order chi connectivity index (χ0) is 9.47. The van der Waals surface area contributed by atoms with E-state index in [2.05, 4.69) is 0 Å². The van der Waals surface area contributed by atoms with Gasteiger partial charge in [-0.1, -0.05) is 6.07 Å². The molecule has 1 aromatic rings. The molecule has 1 aromatic carbocycles. The first-order valence-electron chi connectivity index (χ1n) is 4.22. The molecule has 1 heterocycles. The molecule has 0 bridgehead atoms. The summed E-state index contributed by atoms with van der Waals surface area (Å²) in [6, 6.07) is 5.43. The van der Waals surface area contributed by atoms with Crippen molar-refractivity contribution in [3.8, 4) is 11.5 Å². The highest BCUT2D eigenvalue weighted by atomic mass is 16.7. The Morgan fingerprint density at radius 2 is 1.92 bits per heavy atom. The topological polar surface area (TPSA) is 38.7 Å². The lowest BCUT2D eigenvalue weighted by Crippen LogP contribution is -2.29. The van der Waals surface area contributed by atoms with Crippen LogP contribution in [-0.4, -0.2) is 10.9 Å². The van der Waals surface area contributed by atoms with Crippen molar-refractivity contribution in [3.63, 3.8) is 0 Å². The van der Waals surface area contributed by atoms with E-state index in [1.54, 1.807) is 6.07 Å². The molecule has 0 spiro atoms. The first kappa shape index (κ1) is 8.38. The Bertz CT molecular complexity index is 331. The number of hydrogen-bond donors (Lipinski definition) is 1. The van der Waals surface area contributed by atoms with Gasteiger partial charge in [0.05, 0.1) is 6.61 Å². The maximum Gasteiger partial charge on any atom is 0.246 e. The summed E-state index contributed by atoms with van der Waals surface area (Å²) < 4.78 is 11.0. The second kappa shape index (κ2) is 2.64. The number of benzene rings is 1. The third-order valence-corrected chi connectivity index (χ3v) is 1.90. The Kier molecular flexibility index (Phi) is 1.70. The highest BCUT2D eigenvalue weighted by Crippen LogP contribution is 2.39. The van der Waals surface area contributed by atoms with Gasteiger partial charge in [0, 0.05) is 13.8 Å². The lowest BCUT2D eigenvalue weighted by Gasteiger charge is -2.16. The molecule has 1 N–H and O–H groups in total. The number of aliphatic hydroxyl groups excluding tert-OH is 1. The Morgan fingerprint density at radius 3 is 2.62 bits per heavy atom. The van der Waals surface area contributed by atoms with Crippen molar-refractivity contribution in [1.82, 2.24) is 0 Å². The van der Waals surface area contributed by atoms with E-state index >= 15 is 0 Å². The summed E-state index contributed by atoms with van der Waals surface area (Å²) in [5.41, 5.74) is 0.833. The van der Waals surface area contributed by atoms with Crippen LogP contribution in [0.4, 0.5) is 0 Å². The minimum absolute atomic E-state index is 0.0249. The highest BCUT2D eigenvalue weighted by molar-refractivity contribution is 5.45. The van der Waals surface area contributed by atoms with E-state index in [9.17, 15) is 0 Å². The third kappa shape index (κ3) is 1.47. The lowest BCUT2D eigenvalue weighted by molar-refractivity contribution is -0.0431. The van der Waals surface area contributed by atoms with Gasteiger partial charge in [-0.15, -0.1) is 0 Å². The van der Waals surface area contributed by atoms with Crippen LogP contribution in [0.2, 0.25) is 0 Å². The van der Waals surface area contributed by atoms with Crippen LogP contribution in [0.15, 0.2) is 18.2 Å². The van der Waals surface area contributed by atoms with Crippen LogP contribution in [-0.2, 0) is 6.61 Å². The predicted molar refractivity (Wildman–Crippen MR) is 47.7 cm³/mol. The quantitative estimate of drug-likeness (QED) is 0.714. The minimum atomic E-state index is -0.587. The molecule has 0 fully saturated rings. The van der Waals surface area contributed by atoms with Gasteiger partial charge in [0.15, 0.2) is 11.5 Å². The van der Waals surface area contributed by atoms with Gasteiger partial charge in [0.25, 0.3) is 0 Å². The Morgan fingerprint density at radius 1 is 1.23 bits per heavy atom. The molecule has 0 saturated heterocycles. The summed E-state index contributed by atoms with van der Waals surface area (Å²) in [7, 11) is 0. The van der Waals surface area contributed by atoms with Crippen LogP contribution in [0.1, 0.15) is 19.4 Å². The van der Waals surface area contributed by atoms with Crippen molar-refractivity contribution < 1.29 is 14.6 Å². The van der Waals surface area contributed by atoms with E-state index in [0.29, 0.717) is 5.75 Å². The molecule has 0 radical (unpaired) electrons. The lowest BCUT2D eigenvalue weighted by atomic mass is 10.2. The molecule has 1 aliphatic heterocycles. The SMILES string of the molecule is CC1(C)Oc2ccc(CO)cc2O1. The van der Waals surface area contributed by atoms with Gasteiger partial charge in [0.2, 0.25) is 5.79 Å².